The Hall–Kier alpha value is -0.180. The molecule has 0 aliphatic carbocycles. The monoisotopic (exact) mass is 446 g/mol. The van der Waals surface area contributed by atoms with Crippen LogP contribution < -0.4 is 45.4 Å². The number of carbonyl (C=O) groups excluding carboxylic acids is 2. The number of hydrogen-bond acceptors (Lipinski definition) is 2. The fourth-order valence-electron chi connectivity index (χ4n) is 2.44. The van der Waals surface area contributed by atoms with E-state index >= 15 is 0 Å². The van der Waals surface area contributed by atoms with Crippen molar-refractivity contribution in [2.24, 2.45) is 11.5 Å². The highest BCUT2D eigenvalue weighted by molar-refractivity contribution is 5.75. The summed E-state index contributed by atoms with van der Waals surface area (Å²) in [7, 11) is 8.10. The van der Waals surface area contributed by atoms with Crippen LogP contribution in [0.4, 0.5) is 0 Å². The third-order valence-corrected chi connectivity index (χ3v) is 3.44. The molecule has 0 rings (SSSR count). The van der Waals surface area contributed by atoms with Crippen molar-refractivity contribution >= 4 is 11.8 Å². The number of amides is 2. The first-order valence-corrected chi connectivity index (χ1v) is 7.25. The Morgan fingerprint density at radius 1 is 0.682 bits per heavy atom. The topological polar surface area (TPSA) is 86.2 Å². The minimum absolute atomic E-state index is 0. The first-order chi connectivity index (χ1) is 9.04. The van der Waals surface area contributed by atoms with E-state index in [0.717, 1.165) is 38.8 Å². The lowest BCUT2D eigenvalue weighted by Gasteiger charge is -2.29. The van der Waals surface area contributed by atoms with Crippen molar-refractivity contribution in [2.45, 2.75) is 25.7 Å². The van der Waals surface area contributed by atoms with Crippen molar-refractivity contribution in [3.05, 3.63) is 0 Å². The third kappa shape index (κ3) is 16.2. The van der Waals surface area contributed by atoms with Crippen LogP contribution in [0.3, 0.4) is 0 Å². The van der Waals surface area contributed by atoms with Gasteiger partial charge in [-0.05, 0) is 25.7 Å². The van der Waals surface area contributed by atoms with Gasteiger partial charge < -0.3 is 54.4 Å². The molecule has 2 amide bonds. The first kappa shape index (κ1) is 26.7. The van der Waals surface area contributed by atoms with E-state index in [1.54, 1.807) is 0 Å². The molecule has 0 aliphatic heterocycles. The molecule has 0 atom stereocenters. The van der Waals surface area contributed by atoms with Crippen LogP contribution in [0.2, 0.25) is 0 Å². The fourth-order valence-corrected chi connectivity index (χ4v) is 2.44. The quantitative estimate of drug-likeness (QED) is 0.244. The summed E-state index contributed by atoms with van der Waals surface area (Å²) in [4.78, 5) is 21.8. The Balaban J connectivity index is -0.00000180. The van der Waals surface area contributed by atoms with Crippen LogP contribution in [0, 0.1) is 0 Å². The van der Waals surface area contributed by atoms with Gasteiger partial charge >= 0.3 is 0 Å². The van der Waals surface area contributed by atoms with Crippen molar-refractivity contribution in [1.29, 1.82) is 0 Å². The maximum atomic E-state index is 10.9. The Labute approximate surface area is 155 Å². The summed E-state index contributed by atoms with van der Waals surface area (Å²) in [6.45, 7) is 2.70. The molecule has 0 aromatic rings. The van der Waals surface area contributed by atoms with Crippen LogP contribution in [0.5, 0.6) is 0 Å². The summed E-state index contributed by atoms with van der Waals surface area (Å²) in [5.41, 5.74) is 10.4. The first-order valence-electron chi connectivity index (χ1n) is 7.25. The number of nitrogens with zero attached hydrogens (tertiary/aromatic N) is 2. The molecule has 0 unspecified atom stereocenters. The van der Waals surface area contributed by atoms with E-state index < -0.39 is 0 Å². The highest BCUT2D eigenvalue weighted by atomic mass is 79.9. The van der Waals surface area contributed by atoms with Crippen LogP contribution in [0.25, 0.3) is 0 Å². The lowest BCUT2D eigenvalue weighted by molar-refractivity contribution is -0.883. The second-order valence-corrected chi connectivity index (χ2v) is 6.98. The summed E-state index contributed by atoms with van der Waals surface area (Å²) >= 11 is 0. The molecule has 22 heavy (non-hydrogen) atoms. The zero-order valence-corrected chi connectivity index (χ0v) is 17.5. The van der Waals surface area contributed by atoms with Crippen molar-refractivity contribution in [1.82, 2.24) is 0 Å². The summed E-state index contributed by atoms with van der Waals surface area (Å²) < 4.78 is 1.30. The maximum Gasteiger partial charge on any atom is 0.272 e. The lowest BCUT2D eigenvalue weighted by Crippen LogP contribution is -3.00. The van der Waals surface area contributed by atoms with Crippen LogP contribution in [0.15, 0.2) is 0 Å². The van der Waals surface area contributed by atoms with Gasteiger partial charge in [-0.25, -0.2) is 0 Å². The highest BCUT2D eigenvalue weighted by Gasteiger charge is 2.19. The van der Waals surface area contributed by atoms with Gasteiger partial charge in [0.25, 0.3) is 11.8 Å². The second-order valence-electron chi connectivity index (χ2n) is 6.98. The molecule has 0 aromatic heterocycles. The Bertz CT molecular complexity index is 305. The van der Waals surface area contributed by atoms with Gasteiger partial charge in [0.2, 0.25) is 0 Å². The summed E-state index contributed by atoms with van der Waals surface area (Å²) in [5.74, 6) is -0.499. The van der Waals surface area contributed by atoms with E-state index in [2.05, 4.69) is 0 Å². The molecule has 8 heteroatoms. The molecule has 134 valence electrons. The van der Waals surface area contributed by atoms with Crippen molar-refractivity contribution in [2.75, 3.05) is 54.4 Å². The van der Waals surface area contributed by atoms with E-state index in [9.17, 15) is 9.59 Å². The number of primary amides is 2. The van der Waals surface area contributed by atoms with E-state index in [4.69, 9.17) is 11.5 Å². The average molecular weight is 448 g/mol. The number of halogens is 2. The lowest BCUT2D eigenvalue weighted by atomic mass is 10.1. The van der Waals surface area contributed by atoms with Crippen molar-refractivity contribution in [3.63, 3.8) is 0 Å². The Morgan fingerprint density at radius 3 is 1.18 bits per heavy atom. The highest BCUT2D eigenvalue weighted by Crippen LogP contribution is 2.08. The van der Waals surface area contributed by atoms with Gasteiger partial charge in [-0.2, -0.15) is 0 Å². The zero-order chi connectivity index (χ0) is 15.8. The number of nitrogens with two attached hydrogens (primary N) is 2. The van der Waals surface area contributed by atoms with E-state index in [-0.39, 0.29) is 45.8 Å². The van der Waals surface area contributed by atoms with E-state index in [1.807, 2.05) is 28.2 Å². The number of unbranched alkanes of at least 4 members (excludes halogenated alkanes) is 3. The molecule has 0 spiro atoms. The molecule has 6 nitrogen and oxygen atoms in total. The minimum atomic E-state index is -0.250. The van der Waals surface area contributed by atoms with Gasteiger partial charge in [0.15, 0.2) is 13.1 Å². The van der Waals surface area contributed by atoms with Gasteiger partial charge in [0, 0.05) is 0 Å². The Kier molecular flexibility index (Phi) is 14.9. The number of hydrogen-bond donors (Lipinski definition) is 2. The second kappa shape index (κ2) is 12.3. The molecule has 0 aromatic carbocycles. The molecule has 0 fully saturated rings. The van der Waals surface area contributed by atoms with Gasteiger partial charge in [-0.15, -0.1) is 0 Å². The smallest absolute Gasteiger partial charge is 0.272 e. The molecule has 0 saturated carbocycles. The maximum absolute atomic E-state index is 10.9. The molecule has 4 N–H and O–H groups in total. The Morgan fingerprint density at radius 2 is 0.955 bits per heavy atom. The summed E-state index contributed by atoms with van der Waals surface area (Å²) in [6, 6.07) is 0. The SMILES string of the molecule is C[N+](C)(CCCCCC[N+](C)(C)CC(N)=O)CC(N)=O.[Br-].[Br-]. The van der Waals surface area contributed by atoms with Crippen LogP contribution in [-0.4, -0.2) is 75.2 Å². The largest absolute Gasteiger partial charge is 1.00 e. The van der Waals surface area contributed by atoms with Crippen molar-refractivity contribution < 1.29 is 52.5 Å². The predicted octanol–water partition coefficient (Wildman–Crippen LogP) is -6.32. The van der Waals surface area contributed by atoms with E-state index in [1.165, 1.54) is 0 Å². The zero-order valence-electron chi connectivity index (χ0n) is 14.3. The molecule has 0 heterocycles. The molecular formula is C14H32Br2N4O2. The number of likely N-dealkylation sites (N-methyl/N-ethyl adjacent to an activating group) is 2. The summed E-state index contributed by atoms with van der Waals surface area (Å²) in [5, 5.41) is 0. The molecular weight excluding hydrogens is 416 g/mol. The standard InChI is InChI=1S/C14H30N4O2.2BrH/c1-17(2,11-13(15)19)9-7-5-6-8-10-18(3,4)12-14(16)20;;/h5-12H2,1-4H3,(H2-2,15,16,19,20);2*1H. The van der Waals surface area contributed by atoms with Crippen LogP contribution >= 0.6 is 0 Å². The van der Waals surface area contributed by atoms with Crippen LogP contribution in [-0.2, 0) is 9.59 Å². The van der Waals surface area contributed by atoms with E-state index in [0.29, 0.717) is 22.1 Å². The van der Waals surface area contributed by atoms with Gasteiger partial charge in [0.1, 0.15) is 0 Å². The summed E-state index contributed by atoms with van der Waals surface area (Å²) in [6.07, 6.45) is 4.45. The van der Waals surface area contributed by atoms with Gasteiger partial charge in [-0.3, -0.25) is 9.59 Å². The minimum Gasteiger partial charge on any atom is -1.00 e. The van der Waals surface area contributed by atoms with Crippen molar-refractivity contribution in [3.8, 4) is 0 Å². The molecule has 0 aliphatic rings. The fraction of sp³-hybridized carbons (Fsp3) is 0.857. The third-order valence-electron chi connectivity index (χ3n) is 3.44. The number of carbonyl (C=O) groups is 2. The normalized spacial score (nSPS) is 11.3. The van der Waals surface area contributed by atoms with Crippen LogP contribution in [0.1, 0.15) is 25.7 Å². The average Bonchev–Trinajstić information content (AvgIpc) is 2.19. The number of quaternary nitrogens is 2. The molecule has 0 saturated heterocycles. The molecule has 0 bridgehead atoms. The number of rotatable bonds is 11. The molecule has 0 radical (unpaired) electrons. The predicted molar refractivity (Wildman–Crippen MR) is 80.5 cm³/mol. The van der Waals surface area contributed by atoms with Gasteiger partial charge in [-0.1, -0.05) is 0 Å². The van der Waals surface area contributed by atoms with Gasteiger partial charge in [0.05, 0.1) is 41.3 Å².